The molecule has 0 saturated carbocycles. The average Bonchev–Trinajstić information content (AvgIpc) is 2.47. The van der Waals surface area contributed by atoms with Gasteiger partial charge < -0.3 is 5.73 Å². The fraction of sp³-hybridized carbons (Fsp3) is 0.500. The summed E-state index contributed by atoms with van der Waals surface area (Å²) >= 11 is 7.00. The molecule has 0 amide bonds. The predicted octanol–water partition coefficient (Wildman–Crippen LogP) is 1.67. The zero-order valence-electron chi connectivity index (χ0n) is 7.57. The van der Waals surface area contributed by atoms with Gasteiger partial charge in [-0.3, -0.25) is 0 Å². The van der Waals surface area contributed by atoms with Gasteiger partial charge in [0.1, 0.15) is 0 Å². The lowest BCUT2D eigenvalue weighted by atomic mass is 10.5. The third-order valence-corrected chi connectivity index (χ3v) is 4.73. The Morgan fingerprint density at radius 3 is 2.64 bits per heavy atom. The molecular weight excluding hydrogens is 242 g/mol. The average molecular weight is 254 g/mol. The first-order valence-corrected chi connectivity index (χ1v) is 7.20. The van der Waals surface area contributed by atoms with Crippen LogP contribution in [0.15, 0.2) is 12.1 Å². The minimum absolute atomic E-state index is 0.0738. The summed E-state index contributed by atoms with van der Waals surface area (Å²) in [4.78, 5) is 0.784. The Kier molecular flexibility index (Phi) is 4.37. The molecule has 1 rings (SSSR count). The van der Waals surface area contributed by atoms with Crippen molar-refractivity contribution in [1.82, 2.24) is 0 Å². The van der Waals surface area contributed by atoms with E-state index in [4.69, 9.17) is 17.3 Å². The topological polar surface area (TPSA) is 60.2 Å². The predicted molar refractivity (Wildman–Crippen MR) is 60.5 cm³/mol. The highest BCUT2D eigenvalue weighted by Crippen LogP contribution is 2.23. The molecule has 14 heavy (non-hydrogen) atoms. The van der Waals surface area contributed by atoms with Gasteiger partial charge in [-0.1, -0.05) is 11.6 Å². The third-order valence-electron chi connectivity index (χ3n) is 1.65. The molecule has 0 fully saturated rings. The molecular formula is C8H12ClNO2S2. The highest BCUT2D eigenvalue weighted by molar-refractivity contribution is 7.90. The first-order chi connectivity index (χ1) is 6.53. The summed E-state index contributed by atoms with van der Waals surface area (Å²) in [5, 5.41) is 0. The van der Waals surface area contributed by atoms with E-state index in [9.17, 15) is 8.42 Å². The van der Waals surface area contributed by atoms with Gasteiger partial charge in [-0.25, -0.2) is 8.42 Å². The summed E-state index contributed by atoms with van der Waals surface area (Å²) in [7, 11) is -3.01. The van der Waals surface area contributed by atoms with Gasteiger partial charge in [0.05, 0.1) is 15.8 Å². The van der Waals surface area contributed by atoms with E-state index < -0.39 is 9.84 Å². The van der Waals surface area contributed by atoms with Crippen LogP contribution in [0.25, 0.3) is 0 Å². The van der Waals surface area contributed by atoms with E-state index in [0.29, 0.717) is 17.3 Å². The van der Waals surface area contributed by atoms with Crippen molar-refractivity contribution >= 4 is 32.8 Å². The van der Waals surface area contributed by atoms with Crippen LogP contribution in [0.3, 0.4) is 0 Å². The number of rotatable bonds is 5. The molecule has 6 heteroatoms. The minimum atomic E-state index is -3.01. The van der Waals surface area contributed by atoms with Crippen molar-refractivity contribution < 1.29 is 8.42 Å². The highest BCUT2D eigenvalue weighted by Gasteiger charge is 2.12. The largest absolute Gasteiger partial charge is 0.330 e. The van der Waals surface area contributed by atoms with E-state index in [0.717, 1.165) is 4.88 Å². The summed E-state index contributed by atoms with van der Waals surface area (Å²) in [5.41, 5.74) is 5.25. The van der Waals surface area contributed by atoms with E-state index in [2.05, 4.69) is 0 Å². The maximum atomic E-state index is 11.5. The van der Waals surface area contributed by atoms with Crippen LogP contribution in [0.5, 0.6) is 0 Å². The summed E-state index contributed by atoms with van der Waals surface area (Å²) in [6, 6.07) is 3.45. The number of sulfone groups is 1. The van der Waals surface area contributed by atoms with Crippen LogP contribution in [0.2, 0.25) is 4.34 Å². The normalized spacial score (nSPS) is 11.9. The lowest BCUT2D eigenvalue weighted by Gasteiger charge is -2.00. The Hall–Kier alpha value is -0.100. The maximum absolute atomic E-state index is 11.5. The van der Waals surface area contributed by atoms with E-state index >= 15 is 0 Å². The van der Waals surface area contributed by atoms with Crippen molar-refractivity contribution in [3.05, 3.63) is 21.3 Å². The van der Waals surface area contributed by atoms with Crippen molar-refractivity contribution in [3.8, 4) is 0 Å². The van der Waals surface area contributed by atoms with Crippen LogP contribution in [0.4, 0.5) is 0 Å². The van der Waals surface area contributed by atoms with Crippen molar-refractivity contribution in [3.63, 3.8) is 0 Å². The number of hydrogen-bond donors (Lipinski definition) is 1. The molecule has 0 aliphatic rings. The molecule has 0 radical (unpaired) electrons. The zero-order valence-corrected chi connectivity index (χ0v) is 9.96. The second-order valence-corrected chi connectivity index (χ2v) is 6.92. The summed E-state index contributed by atoms with van der Waals surface area (Å²) in [6.45, 7) is 0.407. The monoisotopic (exact) mass is 253 g/mol. The van der Waals surface area contributed by atoms with Gasteiger partial charge in [0.25, 0.3) is 0 Å². The Labute approximate surface area is 92.8 Å². The molecule has 0 spiro atoms. The Balaban J connectivity index is 2.59. The second-order valence-electron chi connectivity index (χ2n) is 2.94. The number of hydrogen-bond acceptors (Lipinski definition) is 4. The molecule has 2 N–H and O–H groups in total. The van der Waals surface area contributed by atoms with E-state index in [1.165, 1.54) is 11.3 Å². The standard InChI is InChI=1S/C8H12ClNO2S2/c9-8-3-2-7(13-8)6-14(11,12)5-1-4-10/h2-3H,1,4-6,10H2. The van der Waals surface area contributed by atoms with Crippen LogP contribution in [0.1, 0.15) is 11.3 Å². The van der Waals surface area contributed by atoms with Gasteiger partial charge in [-0.05, 0) is 25.1 Å². The Bertz CT molecular complexity index is 386. The molecule has 1 aromatic heterocycles. The molecule has 0 unspecified atom stereocenters. The smallest absolute Gasteiger partial charge is 0.155 e. The molecule has 0 aliphatic heterocycles. The quantitative estimate of drug-likeness (QED) is 0.868. The van der Waals surface area contributed by atoms with Gasteiger partial charge in [0, 0.05) is 4.88 Å². The van der Waals surface area contributed by atoms with Crippen LogP contribution in [0, 0.1) is 0 Å². The molecule has 0 atom stereocenters. The van der Waals surface area contributed by atoms with E-state index in [-0.39, 0.29) is 11.5 Å². The Morgan fingerprint density at radius 2 is 2.14 bits per heavy atom. The van der Waals surface area contributed by atoms with Crippen LogP contribution >= 0.6 is 22.9 Å². The number of halogens is 1. The minimum Gasteiger partial charge on any atom is -0.330 e. The fourth-order valence-electron chi connectivity index (χ4n) is 1.02. The van der Waals surface area contributed by atoms with Gasteiger partial charge in [-0.15, -0.1) is 11.3 Å². The maximum Gasteiger partial charge on any atom is 0.155 e. The molecule has 80 valence electrons. The van der Waals surface area contributed by atoms with Crippen LogP contribution in [-0.2, 0) is 15.6 Å². The fourth-order valence-corrected chi connectivity index (χ4v) is 3.96. The van der Waals surface area contributed by atoms with Gasteiger partial charge in [0.15, 0.2) is 9.84 Å². The lowest BCUT2D eigenvalue weighted by molar-refractivity contribution is 0.593. The zero-order chi connectivity index (χ0) is 10.6. The molecule has 0 aliphatic carbocycles. The Morgan fingerprint density at radius 1 is 1.43 bits per heavy atom. The molecule has 0 saturated heterocycles. The molecule has 0 bridgehead atoms. The third kappa shape index (κ3) is 3.96. The molecule has 0 aromatic carbocycles. The first kappa shape index (κ1) is 12.0. The van der Waals surface area contributed by atoms with Gasteiger partial charge in [0.2, 0.25) is 0 Å². The second kappa shape index (κ2) is 5.11. The van der Waals surface area contributed by atoms with Gasteiger partial charge in [-0.2, -0.15) is 0 Å². The lowest BCUT2D eigenvalue weighted by Crippen LogP contribution is -2.12. The summed E-state index contributed by atoms with van der Waals surface area (Å²) in [5.74, 6) is 0.226. The van der Waals surface area contributed by atoms with Crippen molar-refractivity contribution in [2.45, 2.75) is 12.2 Å². The van der Waals surface area contributed by atoms with Crippen molar-refractivity contribution in [1.29, 1.82) is 0 Å². The first-order valence-electron chi connectivity index (χ1n) is 4.18. The molecule has 1 heterocycles. The summed E-state index contributed by atoms with van der Waals surface area (Å²) in [6.07, 6.45) is 0.515. The molecule has 1 aromatic rings. The van der Waals surface area contributed by atoms with Crippen molar-refractivity contribution in [2.75, 3.05) is 12.3 Å². The van der Waals surface area contributed by atoms with Crippen LogP contribution in [-0.4, -0.2) is 20.7 Å². The van der Waals surface area contributed by atoms with E-state index in [1.54, 1.807) is 12.1 Å². The van der Waals surface area contributed by atoms with E-state index in [1.807, 2.05) is 0 Å². The highest BCUT2D eigenvalue weighted by atomic mass is 35.5. The van der Waals surface area contributed by atoms with Crippen LogP contribution < -0.4 is 5.73 Å². The van der Waals surface area contributed by atoms with Gasteiger partial charge >= 0.3 is 0 Å². The SMILES string of the molecule is NCCCS(=O)(=O)Cc1ccc(Cl)s1. The summed E-state index contributed by atoms with van der Waals surface area (Å²) < 4.78 is 23.6. The number of thiophene rings is 1. The number of nitrogens with two attached hydrogens (primary N) is 1. The molecule has 3 nitrogen and oxygen atoms in total. The van der Waals surface area contributed by atoms with Crippen molar-refractivity contribution in [2.24, 2.45) is 5.73 Å².